The molecule has 0 N–H and O–H groups in total. The smallest absolute Gasteiger partial charge is 0.0857 e. The summed E-state index contributed by atoms with van der Waals surface area (Å²) in [6.07, 6.45) is 8.30. The molecule has 1 heterocycles. The van der Waals surface area contributed by atoms with Crippen molar-refractivity contribution in [1.82, 2.24) is 9.78 Å². The molecule has 3 rings (SSSR count). The van der Waals surface area contributed by atoms with E-state index in [1.165, 1.54) is 11.1 Å². The van der Waals surface area contributed by atoms with Gasteiger partial charge in [0.25, 0.3) is 0 Å². The van der Waals surface area contributed by atoms with Crippen LogP contribution < -0.4 is 0 Å². The van der Waals surface area contributed by atoms with Gasteiger partial charge in [-0.1, -0.05) is 72.8 Å². The molecule has 0 bridgehead atoms. The van der Waals surface area contributed by atoms with Gasteiger partial charge in [-0.25, -0.2) is 0 Å². The van der Waals surface area contributed by atoms with Gasteiger partial charge < -0.3 is 0 Å². The number of aryl methyl sites for hydroxylation is 1. The third-order valence-electron chi connectivity index (χ3n) is 3.43. The van der Waals surface area contributed by atoms with Gasteiger partial charge in [-0.3, -0.25) is 4.68 Å². The Labute approximate surface area is 131 Å². The molecule has 1 aromatic heterocycles. The Hall–Kier alpha value is -2.87. The van der Waals surface area contributed by atoms with E-state index in [2.05, 4.69) is 53.7 Å². The van der Waals surface area contributed by atoms with E-state index in [0.717, 1.165) is 11.4 Å². The molecular weight excluding hydrogens is 268 g/mol. The van der Waals surface area contributed by atoms with E-state index in [1.807, 2.05) is 54.2 Å². The van der Waals surface area contributed by atoms with Crippen LogP contribution in [0.15, 0.2) is 66.7 Å². The molecule has 0 saturated carbocycles. The van der Waals surface area contributed by atoms with E-state index in [1.54, 1.807) is 0 Å². The summed E-state index contributed by atoms with van der Waals surface area (Å²) < 4.78 is 1.89. The molecule has 2 aromatic carbocycles. The quantitative estimate of drug-likeness (QED) is 0.676. The van der Waals surface area contributed by atoms with Crippen molar-refractivity contribution < 1.29 is 0 Å². The predicted molar refractivity (Wildman–Crippen MR) is 93.9 cm³/mol. The number of nitrogens with zero attached hydrogens (tertiary/aromatic N) is 2. The van der Waals surface area contributed by atoms with Crippen LogP contribution in [0.4, 0.5) is 0 Å². The van der Waals surface area contributed by atoms with Gasteiger partial charge in [-0.15, -0.1) is 0 Å². The van der Waals surface area contributed by atoms with Crippen LogP contribution in [0.25, 0.3) is 24.3 Å². The minimum Gasteiger partial charge on any atom is -0.268 e. The average Bonchev–Trinajstić information content (AvgIpc) is 2.93. The van der Waals surface area contributed by atoms with E-state index in [4.69, 9.17) is 0 Å². The molecule has 22 heavy (non-hydrogen) atoms. The fraction of sp³-hybridized carbons (Fsp3) is 0.0500. The first kappa shape index (κ1) is 14.1. The second-order valence-corrected chi connectivity index (χ2v) is 5.11. The highest BCUT2D eigenvalue weighted by Crippen LogP contribution is 2.12. The molecule has 0 aliphatic carbocycles. The molecule has 0 aliphatic heterocycles. The summed E-state index contributed by atoms with van der Waals surface area (Å²) in [7, 11) is 1.96. The fourth-order valence-electron chi connectivity index (χ4n) is 2.23. The van der Waals surface area contributed by atoms with Gasteiger partial charge in [0, 0.05) is 7.05 Å². The van der Waals surface area contributed by atoms with Gasteiger partial charge in [0.15, 0.2) is 0 Å². The van der Waals surface area contributed by atoms with Crippen molar-refractivity contribution in [3.63, 3.8) is 0 Å². The summed E-state index contributed by atoms with van der Waals surface area (Å²) in [5, 5.41) is 4.52. The van der Waals surface area contributed by atoms with Crippen molar-refractivity contribution in [2.75, 3.05) is 0 Å². The fourth-order valence-corrected chi connectivity index (χ4v) is 2.23. The van der Waals surface area contributed by atoms with Crippen LogP contribution >= 0.6 is 0 Å². The van der Waals surface area contributed by atoms with Crippen molar-refractivity contribution in [2.45, 2.75) is 0 Å². The Morgan fingerprint density at radius 3 is 1.86 bits per heavy atom. The Balaban J connectivity index is 1.76. The van der Waals surface area contributed by atoms with Gasteiger partial charge in [0.05, 0.1) is 11.4 Å². The first-order valence-electron chi connectivity index (χ1n) is 7.31. The third-order valence-corrected chi connectivity index (χ3v) is 3.43. The summed E-state index contributed by atoms with van der Waals surface area (Å²) in [4.78, 5) is 0. The Kier molecular flexibility index (Phi) is 4.30. The number of aromatic nitrogens is 2. The van der Waals surface area contributed by atoms with Crippen molar-refractivity contribution in [3.05, 3.63) is 89.2 Å². The molecule has 0 fully saturated rings. The predicted octanol–water partition coefficient (Wildman–Crippen LogP) is 4.76. The van der Waals surface area contributed by atoms with Crippen molar-refractivity contribution in [2.24, 2.45) is 7.05 Å². The molecule has 0 radical (unpaired) electrons. The van der Waals surface area contributed by atoms with Crippen LogP contribution in [0, 0.1) is 0 Å². The summed E-state index contributed by atoms with van der Waals surface area (Å²) in [5.41, 5.74) is 4.40. The highest BCUT2D eigenvalue weighted by molar-refractivity contribution is 5.72. The normalized spacial score (nSPS) is 11.5. The maximum atomic E-state index is 4.52. The van der Waals surface area contributed by atoms with Crippen LogP contribution in [-0.4, -0.2) is 9.78 Å². The minimum atomic E-state index is 0.957. The van der Waals surface area contributed by atoms with E-state index in [9.17, 15) is 0 Å². The average molecular weight is 286 g/mol. The number of hydrogen-bond acceptors (Lipinski definition) is 1. The lowest BCUT2D eigenvalue weighted by atomic mass is 10.2. The van der Waals surface area contributed by atoms with Crippen molar-refractivity contribution in [3.8, 4) is 0 Å². The molecule has 2 nitrogen and oxygen atoms in total. The van der Waals surface area contributed by atoms with Crippen LogP contribution in [0.2, 0.25) is 0 Å². The van der Waals surface area contributed by atoms with E-state index >= 15 is 0 Å². The van der Waals surface area contributed by atoms with Crippen molar-refractivity contribution >= 4 is 24.3 Å². The monoisotopic (exact) mass is 286 g/mol. The van der Waals surface area contributed by atoms with Crippen LogP contribution in [0.5, 0.6) is 0 Å². The first-order valence-corrected chi connectivity index (χ1v) is 7.31. The number of hydrogen-bond donors (Lipinski definition) is 0. The highest BCUT2D eigenvalue weighted by Gasteiger charge is 1.99. The maximum Gasteiger partial charge on any atom is 0.0857 e. The SMILES string of the molecule is Cn1nc(C=Cc2ccccc2)cc1C=Cc1ccccc1. The standard InChI is InChI=1S/C20H18N2/c1-22-20(15-13-18-10-6-3-7-11-18)16-19(21-22)14-12-17-8-4-2-5-9-17/h2-16H,1H3. The second kappa shape index (κ2) is 6.72. The Morgan fingerprint density at radius 2 is 1.27 bits per heavy atom. The van der Waals surface area contributed by atoms with E-state index in [-0.39, 0.29) is 0 Å². The van der Waals surface area contributed by atoms with Crippen molar-refractivity contribution in [1.29, 1.82) is 0 Å². The zero-order chi connectivity index (χ0) is 15.2. The Bertz CT molecular complexity index is 781. The molecule has 0 amide bonds. The van der Waals surface area contributed by atoms with Gasteiger partial charge in [0.2, 0.25) is 0 Å². The molecule has 0 aliphatic rings. The summed E-state index contributed by atoms with van der Waals surface area (Å²) in [6, 6.07) is 22.6. The summed E-state index contributed by atoms with van der Waals surface area (Å²) in [5.74, 6) is 0. The lowest BCUT2D eigenvalue weighted by molar-refractivity contribution is 0.757. The topological polar surface area (TPSA) is 17.8 Å². The molecule has 0 unspecified atom stereocenters. The minimum absolute atomic E-state index is 0.957. The molecule has 0 spiro atoms. The molecule has 2 heteroatoms. The molecular formula is C20H18N2. The lowest BCUT2D eigenvalue weighted by Gasteiger charge is -1.94. The zero-order valence-electron chi connectivity index (χ0n) is 12.6. The third kappa shape index (κ3) is 3.61. The largest absolute Gasteiger partial charge is 0.268 e. The van der Waals surface area contributed by atoms with Gasteiger partial charge in [0.1, 0.15) is 0 Å². The number of benzene rings is 2. The highest BCUT2D eigenvalue weighted by atomic mass is 15.3. The van der Waals surface area contributed by atoms with E-state index in [0.29, 0.717) is 0 Å². The van der Waals surface area contributed by atoms with Crippen LogP contribution in [0.1, 0.15) is 22.5 Å². The second-order valence-electron chi connectivity index (χ2n) is 5.11. The van der Waals surface area contributed by atoms with Gasteiger partial charge in [-0.05, 0) is 29.3 Å². The Morgan fingerprint density at radius 1 is 0.727 bits per heavy atom. The number of rotatable bonds is 4. The van der Waals surface area contributed by atoms with Crippen LogP contribution in [0.3, 0.4) is 0 Å². The summed E-state index contributed by atoms with van der Waals surface area (Å²) >= 11 is 0. The molecule has 0 atom stereocenters. The molecule has 3 aromatic rings. The van der Waals surface area contributed by atoms with Crippen LogP contribution in [-0.2, 0) is 7.05 Å². The summed E-state index contributed by atoms with van der Waals surface area (Å²) in [6.45, 7) is 0. The maximum absolute atomic E-state index is 4.52. The van der Waals surface area contributed by atoms with E-state index < -0.39 is 0 Å². The zero-order valence-corrected chi connectivity index (χ0v) is 12.6. The van der Waals surface area contributed by atoms with Gasteiger partial charge in [-0.2, -0.15) is 5.10 Å². The molecule has 0 saturated heterocycles. The van der Waals surface area contributed by atoms with Gasteiger partial charge >= 0.3 is 0 Å². The molecule has 108 valence electrons. The first-order chi connectivity index (χ1) is 10.8. The lowest BCUT2D eigenvalue weighted by Crippen LogP contribution is -1.92.